The summed E-state index contributed by atoms with van der Waals surface area (Å²) in [4.78, 5) is 15.3. The Labute approximate surface area is 137 Å². The zero-order chi connectivity index (χ0) is 16.4. The molecule has 3 rings (SSSR count). The second-order valence-electron chi connectivity index (χ2n) is 5.01. The fraction of sp³-hybridized carbons (Fsp3) is 0.0556. The molecule has 1 aromatic heterocycles. The van der Waals surface area contributed by atoms with E-state index < -0.39 is 0 Å². The van der Waals surface area contributed by atoms with Gasteiger partial charge >= 0.3 is 0 Å². The summed E-state index contributed by atoms with van der Waals surface area (Å²) in [7, 11) is 1.46. The second kappa shape index (κ2) is 6.18. The maximum atomic E-state index is 12.1. The van der Waals surface area contributed by atoms with Crippen LogP contribution >= 0.6 is 11.6 Å². The summed E-state index contributed by atoms with van der Waals surface area (Å²) >= 11 is 6.00. The number of phenols is 1. The molecule has 0 aliphatic carbocycles. The molecule has 0 aliphatic rings. The summed E-state index contributed by atoms with van der Waals surface area (Å²) in [6.45, 7) is 0. The Hall–Kier alpha value is -2.72. The van der Waals surface area contributed by atoms with E-state index in [0.717, 1.165) is 5.52 Å². The van der Waals surface area contributed by atoms with Gasteiger partial charge < -0.3 is 14.8 Å². The first kappa shape index (κ1) is 15.2. The maximum Gasteiger partial charge on any atom is 0.189 e. The number of methoxy groups -OCH3 is 1. The number of phenolic OH excluding ortho intramolecular Hbond substituents is 1. The van der Waals surface area contributed by atoms with Crippen LogP contribution in [0.3, 0.4) is 0 Å². The fourth-order valence-electron chi connectivity index (χ4n) is 2.36. The number of hydrogen-bond acceptors (Lipinski definition) is 3. The number of fused-ring (bicyclic) bond motifs is 1. The lowest BCUT2D eigenvalue weighted by molar-refractivity contribution is 0.373. The zero-order valence-electron chi connectivity index (χ0n) is 12.3. The third kappa shape index (κ3) is 3.07. The van der Waals surface area contributed by atoms with Gasteiger partial charge in [-0.3, -0.25) is 4.79 Å². The Balaban J connectivity index is 2.04. The zero-order valence-corrected chi connectivity index (χ0v) is 13.1. The second-order valence-corrected chi connectivity index (χ2v) is 5.45. The van der Waals surface area contributed by atoms with Gasteiger partial charge in [0.15, 0.2) is 16.9 Å². The van der Waals surface area contributed by atoms with Gasteiger partial charge in [0.2, 0.25) is 0 Å². The van der Waals surface area contributed by atoms with Gasteiger partial charge in [0, 0.05) is 39.3 Å². The van der Waals surface area contributed by atoms with Crippen molar-refractivity contribution in [2.45, 2.75) is 0 Å². The van der Waals surface area contributed by atoms with Crippen LogP contribution in [0.5, 0.6) is 11.5 Å². The molecule has 4 nitrogen and oxygen atoms in total. The highest BCUT2D eigenvalue weighted by Gasteiger charge is 2.08. The number of halogens is 1. The molecule has 0 aliphatic heterocycles. The van der Waals surface area contributed by atoms with Crippen molar-refractivity contribution in [3.63, 3.8) is 0 Å². The van der Waals surface area contributed by atoms with Crippen molar-refractivity contribution in [3.8, 4) is 11.5 Å². The minimum absolute atomic E-state index is 0.00344. The molecule has 0 fully saturated rings. The Morgan fingerprint density at radius 1 is 1.17 bits per heavy atom. The topological polar surface area (TPSA) is 62.3 Å². The van der Waals surface area contributed by atoms with Crippen LogP contribution in [0.1, 0.15) is 11.3 Å². The van der Waals surface area contributed by atoms with Crippen LogP contribution in [0.25, 0.3) is 23.1 Å². The summed E-state index contributed by atoms with van der Waals surface area (Å²) < 4.78 is 5.07. The van der Waals surface area contributed by atoms with Gasteiger partial charge in [-0.2, -0.15) is 0 Å². The third-order valence-electron chi connectivity index (χ3n) is 3.49. The van der Waals surface area contributed by atoms with E-state index in [1.54, 1.807) is 24.3 Å². The molecule has 2 aromatic carbocycles. The Bertz CT molecular complexity index is 960. The van der Waals surface area contributed by atoms with E-state index >= 15 is 0 Å². The predicted molar refractivity (Wildman–Crippen MR) is 93.2 cm³/mol. The highest BCUT2D eigenvalue weighted by molar-refractivity contribution is 6.31. The van der Waals surface area contributed by atoms with E-state index in [1.165, 1.54) is 19.2 Å². The number of ether oxygens (including phenoxy) is 1. The van der Waals surface area contributed by atoms with Gasteiger partial charge in [-0.1, -0.05) is 23.7 Å². The first-order valence-electron chi connectivity index (χ1n) is 6.95. The highest BCUT2D eigenvalue weighted by Crippen LogP contribution is 2.34. The molecule has 2 N–H and O–H groups in total. The largest absolute Gasteiger partial charge is 0.504 e. The SMILES string of the molecule is COc1cc(Cl)cc(/C=C/c2cc(=O)c3ccccc3[nH]2)c1O. The minimum atomic E-state index is -0.0631. The number of aromatic nitrogens is 1. The number of rotatable bonds is 3. The van der Waals surface area contributed by atoms with E-state index in [-0.39, 0.29) is 11.2 Å². The molecule has 0 saturated carbocycles. The maximum absolute atomic E-state index is 12.1. The van der Waals surface area contributed by atoms with Gasteiger partial charge in [-0.25, -0.2) is 0 Å². The summed E-state index contributed by atoms with van der Waals surface area (Å²) in [5.41, 5.74) is 1.83. The van der Waals surface area contributed by atoms with Crippen molar-refractivity contribution < 1.29 is 9.84 Å². The third-order valence-corrected chi connectivity index (χ3v) is 3.71. The molecule has 0 saturated heterocycles. The average molecular weight is 328 g/mol. The Morgan fingerprint density at radius 3 is 2.74 bits per heavy atom. The summed E-state index contributed by atoms with van der Waals surface area (Å²) in [5, 5.41) is 11.2. The van der Waals surface area contributed by atoms with E-state index in [4.69, 9.17) is 16.3 Å². The van der Waals surface area contributed by atoms with Crippen molar-refractivity contribution in [2.75, 3.05) is 7.11 Å². The smallest absolute Gasteiger partial charge is 0.189 e. The van der Waals surface area contributed by atoms with Crippen molar-refractivity contribution in [3.05, 3.63) is 69.0 Å². The van der Waals surface area contributed by atoms with Crippen molar-refractivity contribution in [1.29, 1.82) is 0 Å². The standard InChI is InChI=1S/C18H14ClNO3/c1-23-17-9-12(19)8-11(18(17)22)6-7-13-10-16(21)14-4-2-3-5-15(14)20-13/h2-10,22H,1H3,(H,20,21)/b7-6+. The molecule has 0 radical (unpaired) electrons. The Kier molecular flexibility index (Phi) is 4.08. The number of aromatic hydroxyl groups is 1. The number of para-hydroxylation sites is 1. The van der Waals surface area contributed by atoms with Gasteiger partial charge in [-0.15, -0.1) is 0 Å². The minimum Gasteiger partial charge on any atom is -0.504 e. The number of hydrogen-bond donors (Lipinski definition) is 2. The molecule has 0 atom stereocenters. The van der Waals surface area contributed by atoms with Crippen LogP contribution < -0.4 is 10.2 Å². The van der Waals surface area contributed by atoms with Crippen LogP contribution in [-0.2, 0) is 0 Å². The number of benzene rings is 2. The molecule has 0 unspecified atom stereocenters. The molecule has 23 heavy (non-hydrogen) atoms. The number of pyridine rings is 1. The highest BCUT2D eigenvalue weighted by atomic mass is 35.5. The summed E-state index contributed by atoms with van der Waals surface area (Å²) in [5.74, 6) is 0.292. The normalized spacial score (nSPS) is 11.2. The van der Waals surface area contributed by atoms with Gasteiger partial charge in [0.25, 0.3) is 0 Å². The fourth-order valence-corrected chi connectivity index (χ4v) is 2.58. The van der Waals surface area contributed by atoms with Gasteiger partial charge in [-0.05, 0) is 30.4 Å². The number of aromatic amines is 1. The monoisotopic (exact) mass is 327 g/mol. The molecular formula is C18H14ClNO3. The summed E-state index contributed by atoms with van der Waals surface area (Å²) in [6.07, 6.45) is 3.38. The molecular weight excluding hydrogens is 314 g/mol. The molecule has 0 bridgehead atoms. The lowest BCUT2D eigenvalue weighted by Gasteiger charge is -2.07. The predicted octanol–water partition coefficient (Wildman–Crippen LogP) is 4.07. The van der Waals surface area contributed by atoms with Gasteiger partial charge in [0.05, 0.1) is 7.11 Å². The van der Waals surface area contributed by atoms with Crippen molar-refractivity contribution in [1.82, 2.24) is 4.98 Å². The lowest BCUT2D eigenvalue weighted by Crippen LogP contribution is -2.02. The first-order valence-corrected chi connectivity index (χ1v) is 7.33. The number of nitrogens with one attached hydrogen (secondary N) is 1. The lowest BCUT2D eigenvalue weighted by atomic mass is 10.1. The van der Waals surface area contributed by atoms with E-state index in [0.29, 0.717) is 27.4 Å². The van der Waals surface area contributed by atoms with Crippen molar-refractivity contribution >= 4 is 34.7 Å². The molecule has 1 heterocycles. The van der Waals surface area contributed by atoms with Crippen molar-refractivity contribution in [2.24, 2.45) is 0 Å². The quantitative estimate of drug-likeness (QED) is 0.762. The van der Waals surface area contributed by atoms with Gasteiger partial charge in [0.1, 0.15) is 0 Å². The molecule has 0 spiro atoms. The van der Waals surface area contributed by atoms with E-state index in [2.05, 4.69) is 4.98 Å². The van der Waals surface area contributed by atoms with Crippen LogP contribution in [0, 0.1) is 0 Å². The Morgan fingerprint density at radius 2 is 1.96 bits per heavy atom. The molecule has 3 aromatic rings. The van der Waals surface area contributed by atoms with Crippen LogP contribution in [0.15, 0.2) is 47.3 Å². The average Bonchev–Trinajstić information content (AvgIpc) is 2.55. The van der Waals surface area contributed by atoms with Crippen LogP contribution in [-0.4, -0.2) is 17.2 Å². The van der Waals surface area contributed by atoms with Crippen LogP contribution in [0.2, 0.25) is 5.02 Å². The first-order chi connectivity index (χ1) is 11.1. The van der Waals surface area contributed by atoms with E-state index in [9.17, 15) is 9.90 Å². The molecule has 116 valence electrons. The molecule has 5 heteroatoms. The number of H-pyrrole nitrogens is 1. The molecule has 0 amide bonds. The van der Waals surface area contributed by atoms with Crippen LogP contribution in [0.4, 0.5) is 0 Å². The summed E-state index contributed by atoms with van der Waals surface area (Å²) in [6, 6.07) is 12.0. The van der Waals surface area contributed by atoms with E-state index in [1.807, 2.05) is 18.2 Å².